The molecule has 19 heavy (non-hydrogen) atoms. The number of carboxylic acids is 1. The first kappa shape index (κ1) is 19.9. The Hall–Kier alpha value is -1.47. The molecule has 0 aromatic rings. The first-order chi connectivity index (χ1) is 8.75. The van der Waals surface area contributed by atoms with E-state index in [9.17, 15) is 18.0 Å². The van der Waals surface area contributed by atoms with Crippen LogP contribution in [0, 0.1) is 0 Å². The third-order valence-electron chi connectivity index (χ3n) is 1.68. The second kappa shape index (κ2) is 11.6. The number of ether oxygens (including phenoxy) is 2. The van der Waals surface area contributed by atoms with Gasteiger partial charge in [0.25, 0.3) is 0 Å². The predicted octanol–water partition coefficient (Wildman–Crippen LogP) is 3.37. The van der Waals surface area contributed by atoms with Crippen LogP contribution in [0.3, 0.4) is 0 Å². The van der Waals surface area contributed by atoms with Crippen LogP contribution in [0.15, 0.2) is 0 Å². The van der Waals surface area contributed by atoms with Crippen LogP contribution in [0.1, 0.15) is 39.5 Å². The monoisotopic (exact) mass is 288 g/mol. The summed E-state index contributed by atoms with van der Waals surface area (Å²) in [6, 6.07) is 0. The lowest BCUT2D eigenvalue weighted by atomic mass is 10.4. The smallest absolute Gasteiger partial charge is 0.475 e. The fourth-order valence-corrected chi connectivity index (χ4v) is 0.641. The number of rotatable bonds is 6. The average molecular weight is 288 g/mol. The summed E-state index contributed by atoms with van der Waals surface area (Å²) in [5, 5.41) is 7.12. The quantitative estimate of drug-likeness (QED) is 0.599. The van der Waals surface area contributed by atoms with Gasteiger partial charge in [0.2, 0.25) is 0 Å². The number of aliphatic carboxylic acids is 1. The summed E-state index contributed by atoms with van der Waals surface area (Å²) >= 11 is 0. The minimum atomic E-state index is -5.08. The Morgan fingerprint density at radius 3 is 1.53 bits per heavy atom. The van der Waals surface area contributed by atoms with Gasteiger partial charge in [-0.2, -0.15) is 13.2 Å². The van der Waals surface area contributed by atoms with Gasteiger partial charge in [-0.25, -0.2) is 9.59 Å². The van der Waals surface area contributed by atoms with E-state index in [1.807, 2.05) is 13.8 Å². The summed E-state index contributed by atoms with van der Waals surface area (Å²) in [4.78, 5) is 19.6. The number of carbonyl (C=O) groups is 2. The lowest BCUT2D eigenvalue weighted by Crippen LogP contribution is -2.21. The van der Waals surface area contributed by atoms with Crippen LogP contribution in [-0.2, 0) is 14.3 Å². The summed E-state index contributed by atoms with van der Waals surface area (Å²) in [5.74, 6) is -2.76. The highest BCUT2D eigenvalue weighted by Gasteiger charge is 2.38. The maximum absolute atomic E-state index is 10.7. The third kappa shape index (κ3) is 16.5. The fourth-order valence-electron chi connectivity index (χ4n) is 0.641. The van der Waals surface area contributed by atoms with Crippen molar-refractivity contribution in [2.75, 3.05) is 13.2 Å². The van der Waals surface area contributed by atoms with E-state index in [2.05, 4.69) is 0 Å². The molecule has 0 spiro atoms. The van der Waals surface area contributed by atoms with Gasteiger partial charge >= 0.3 is 18.3 Å². The number of halogens is 3. The molecular weight excluding hydrogens is 269 g/mol. The Balaban J connectivity index is 0. The number of hydrogen-bond donors (Lipinski definition) is 1. The highest BCUT2D eigenvalue weighted by molar-refractivity contribution is 5.73. The van der Waals surface area contributed by atoms with Gasteiger partial charge in [-0.15, -0.1) is 0 Å². The van der Waals surface area contributed by atoms with Crippen molar-refractivity contribution in [3.63, 3.8) is 0 Å². The molecule has 0 fully saturated rings. The molecular formula is C11H19F3O5. The van der Waals surface area contributed by atoms with Gasteiger partial charge < -0.3 is 14.6 Å². The van der Waals surface area contributed by atoms with E-state index in [1.165, 1.54) is 0 Å². The van der Waals surface area contributed by atoms with E-state index in [0.29, 0.717) is 13.2 Å². The molecule has 114 valence electrons. The summed E-state index contributed by atoms with van der Waals surface area (Å²) in [6.07, 6.45) is -1.74. The summed E-state index contributed by atoms with van der Waals surface area (Å²) < 4.78 is 41.3. The molecule has 0 saturated heterocycles. The van der Waals surface area contributed by atoms with E-state index in [1.54, 1.807) is 0 Å². The van der Waals surface area contributed by atoms with Crippen LogP contribution in [0.2, 0.25) is 0 Å². The van der Waals surface area contributed by atoms with E-state index in [-0.39, 0.29) is 0 Å². The molecule has 0 radical (unpaired) electrons. The van der Waals surface area contributed by atoms with Crippen molar-refractivity contribution in [3.05, 3.63) is 0 Å². The normalized spacial score (nSPS) is 10.2. The molecule has 0 amide bonds. The van der Waals surface area contributed by atoms with Crippen LogP contribution in [0.4, 0.5) is 18.0 Å². The van der Waals surface area contributed by atoms with E-state index in [4.69, 9.17) is 19.4 Å². The first-order valence-corrected chi connectivity index (χ1v) is 5.85. The maximum atomic E-state index is 10.7. The Morgan fingerprint density at radius 2 is 1.32 bits per heavy atom. The average Bonchev–Trinajstić information content (AvgIpc) is 2.29. The molecule has 5 nitrogen and oxygen atoms in total. The minimum Gasteiger partial charge on any atom is -0.475 e. The predicted molar refractivity (Wildman–Crippen MR) is 60.8 cm³/mol. The number of unbranched alkanes of at least 4 members (excludes halogenated alkanes) is 2. The molecule has 8 heteroatoms. The van der Waals surface area contributed by atoms with Crippen LogP contribution in [0.25, 0.3) is 0 Å². The van der Waals surface area contributed by atoms with E-state index < -0.39 is 18.3 Å². The molecule has 0 aliphatic rings. The van der Waals surface area contributed by atoms with Gasteiger partial charge in [-0.1, -0.05) is 26.7 Å². The van der Waals surface area contributed by atoms with Gasteiger partial charge in [0.15, 0.2) is 0 Å². The van der Waals surface area contributed by atoms with Crippen molar-refractivity contribution in [2.45, 2.75) is 45.7 Å². The first-order valence-electron chi connectivity index (χ1n) is 5.85. The lowest BCUT2D eigenvalue weighted by molar-refractivity contribution is -0.192. The molecule has 0 heterocycles. The Labute approximate surface area is 109 Å². The number of carbonyl (C=O) groups excluding carboxylic acids is 1. The highest BCUT2D eigenvalue weighted by atomic mass is 19.4. The van der Waals surface area contributed by atoms with Crippen LogP contribution >= 0.6 is 0 Å². The minimum absolute atomic E-state index is 0.474. The second-order valence-electron chi connectivity index (χ2n) is 3.46. The van der Waals surface area contributed by atoms with Gasteiger partial charge in [-0.05, 0) is 12.8 Å². The number of alkyl halides is 3. The molecule has 0 saturated carbocycles. The maximum Gasteiger partial charge on any atom is 0.508 e. The zero-order chi connectivity index (χ0) is 15.3. The van der Waals surface area contributed by atoms with Gasteiger partial charge in [0, 0.05) is 0 Å². The summed E-state index contributed by atoms with van der Waals surface area (Å²) in [7, 11) is 0. The van der Waals surface area contributed by atoms with Gasteiger partial charge in [0.05, 0.1) is 13.2 Å². The van der Waals surface area contributed by atoms with Crippen LogP contribution in [0.5, 0.6) is 0 Å². The van der Waals surface area contributed by atoms with E-state index in [0.717, 1.165) is 25.7 Å². The Morgan fingerprint density at radius 1 is 1.00 bits per heavy atom. The lowest BCUT2D eigenvalue weighted by Gasteiger charge is -2.04. The van der Waals surface area contributed by atoms with Crippen molar-refractivity contribution in [2.24, 2.45) is 0 Å². The third-order valence-corrected chi connectivity index (χ3v) is 1.68. The van der Waals surface area contributed by atoms with Crippen molar-refractivity contribution in [1.29, 1.82) is 0 Å². The zero-order valence-corrected chi connectivity index (χ0v) is 11.0. The van der Waals surface area contributed by atoms with E-state index >= 15 is 0 Å². The fraction of sp³-hybridized carbons (Fsp3) is 0.818. The topological polar surface area (TPSA) is 72.8 Å². The Bertz CT molecular complexity index is 241. The molecule has 0 aliphatic heterocycles. The molecule has 0 unspecified atom stereocenters. The van der Waals surface area contributed by atoms with Crippen molar-refractivity contribution < 1.29 is 37.3 Å². The molecule has 0 atom stereocenters. The van der Waals surface area contributed by atoms with Crippen molar-refractivity contribution in [1.82, 2.24) is 0 Å². The molecule has 0 aliphatic carbocycles. The molecule has 1 N–H and O–H groups in total. The largest absolute Gasteiger partial charge is 0.508 e. The standard InChI is InChI=1S/C9H18O3.C2HF3O2/c1-3-5-7-11-9(10)12-8-6-4-2;3-2(4,5)1(6)7/h3-8H2,1-2H3;(H,6,7). The SMILES string of the molecule is CCCCOC(=O)OCCCC.O=C(O)C(F)(F)F. The number of hydrogen-bond acceptors (Lipinski definition) is 4. The number of carboxylic acid groups (broad SMARTS) is 1. The molecule has 0 rings (SSSR count). The molecule has 0 aromatic heterocycles. The molecule has 0 aromatic carbocycles. The zero-order valence-electron chi connectivity index (χ0n) is 11.0. The second-order valence-corrected chi connectivity index (χ2v) is 3.46. The van der Waals surface area contributed by atoms with Gasteiger partial charge in [-0.3, -0.25) is 0 Å². The van der Waals surface area contributed by atoms with Crippen molar-refractivity contribution in [3.8, 4) is 0 Å². The summed E-state index contributed by atoms with van der Waals surface area (Å²) in [6.45, 7) is 5.04. The van der Waals surface area contributed by atoms with Gasteiger partial charge in [0.1, 0.15) is 0 Å². The summed E-state index contributed by atoms with van der Waals surface area (Å²) in [5.41, 5.74) is 0. The molecule has 0 bridgehead atoms. The van der Waals surface area contributed by atoms with Crippen LogP contribution in [-0.4, -0.2) is 36.6 Å². The van der Waals surface area contributed by atoms with Crippen molar-refractivity contribution >= 4 is 12.1 Å². The highest BCUT2D eigenvalue weighted by Crippen LogP contribution is 2.13. The Kier molecular flexibility index (Phi) is 12.1. The van der Waals surface area contributed by atoms with Crippen LogP contribution < -0.4 is 0 Å².